The number of carbonyl (C=O) groups excluding carboxylic acids is 1. The zero-order chi connectivity index (χ0) is 15.4. The molecular formula is C14H17FN4O2. The Labute approximate surface area is 121 Å². The van der Waals surface area contributed by atoms with Crippen molar-refractivity contribution >= 4 is 11.7 Å². The molecule has 0 aliphatic rings. The van der Waals surface area contributed by atoms with E-state index in [4.69, 9.17) is 10.5 Å². The average Bonchev–Trinajstić information content (AvgIpc) is 2.80. The lowest BCUT2D eigenvalue weighted by Crippen LogP contribution is -2.39. The summed E-state index contributed by atoms with van der Waals surface area (Å²) in [5.74, 6) is -0.244. The van der Waals surface area contributed by atoms with Crippen LogP contribution in [0.5, 0.6) is 0 Å². The number of rotatable bonds is 5. The molecule has 3 N–H and O–H groups in total. The molecular weight excluding hydrogens is 275 g/mol. The topological polar surface area (TPSA) is 82.2 Å². The van der Waals surface area contributed by atoms with Crippen molar-refractivity contribution in [2.24, 2.45) is 5.73 Å². The maximum absolute atomic E-state index is 13.0. The summed E-state index contributed by atoms with van der Waals surface area (Å²) in [4.78, 5) is 11.9. The Kier molecular flexibility index (Phi) is 4.66. The van der Waals surface area contributed by atoms with Crippen LogP contribution in [0.15, 0.2) is 30.3 Å². The highest BCUT2D eigenvalue weighted by Crippen LogP contribution is 2.17. The first-order chi connectivity index (χ1) is 10.0. The first-order valence-corrected chi connectivity index (χ1v) is 6.39. The van der Waals surface area contributed by atoms with Gasteiger partial charge in [-0.05, 0) is 31.2 Å². The van der Waals surface area contributed by atoms with E-state index in [1.807, 2.05) is 0 Å². The van der Waals surface area contributed by atoms with E-state index < -0.39 is 6.04 Å². The number of anilines is 1. The molecule has 0 fully saturated rings. The number of amides is 1. The molecule has 7 heteroatoms. The number of benzene rings is 1. The zero-order valence-corrected chi connectivity index (χ0v) is 11.8. The number of ether oxygens (including phenoxy) is 1. The van der Waals surface area contributed by atoms with E-state index in [2.05, 4.69) is 10.4 Å². The summed E-state index contributed by atoms with van der Waals surface area (Å²) in [5.41, 5.74) is 7.03. The Morgan fingerprint density at radius 3 is 2.76 bits per heavy atom. The molecule has 0 saturated carbocycles. The molecule has 1 unspecified atom stereocenters. The Morgan fingerprint density at radius 2 is 2.14 bits per heavy atom. The average molecular weight is 292 g/mol. The molecule has 6 nitrogen and oxygen atoms in total. The van der Waals surface area contributed by atoms with Gasteiger partial charge in [0.2, 0.25) is 5.91 Å². The molecule has 2 rings (SSSR count). The van der Waals surface area contributed by atoms with Gasteiger partial charge < -0.3 is 15.8 Å². The molecule has 0 aliphatic heterocycles. The Morgan fingerprint density at radius 1 is 1.48 bits per heavy atom. The molecule has 0 spiro atoms. The first-order valence-electron chi connectivity index (χ1n) is 6.39. The van der Waals surface area contributed by atoms with Gasteiger partial charge in [-0.15, -0.1) is 0 Å². The number of halogens is 1. The predicted octanol–water partition coefficient (Wildman–Crippen LogP) is 1.23. The fraction of sp³-hybridized carbons (Fsp3) is 0.286. The summed E-state index contributed by atoms with van der Waals surface area (Å²) in [6.45, 7) is 1.92. The number of nitrogens with one attached hydrogen (secondary N) is 1. The van der Waals surface area contributed by atoms with Gasteiger partial charge in [0.05, 0.1) is 18.0 Å². The molecule has 1 amide bonds. The third-order valence-electron chi connectivity index (χ3n) is 2.84. The van der Waals surface area contributed by atoms with Gasteiger partial charge in [-0.25, -0.2) is 9.07 Å². The minimum atomic E-state index is -0.771. The maximum atomic E-state index is 13.0. The molecule has 0 aliphatic carbocycles. The zero-order valence-electron chi connectivity index (χ0n) is 11.8. The number of nitrogens with zero attached hydrogens (tertiary/aromatic N) is 2. The molecule has 1 aromatic heterocycles. The second-order valence-corrected chi connectivity index (χ2v) is 4.61. The molecule has 0 saturated heterocycles. The van der Waals surface area contributed by atoms with E-state index in [9.17, 15) is 9.18 Å². The minimum absolute atomic E-state index is 0.121. The summed E-state index contributed by atoms with van der Waals surface area (Å²) < 4.78 is 19.3. The van der Waals surface area contributed by atoms with Crippen molar-refractivity contribution in [2.45, 2.75) is 13.0 Å². The molecule has 0 bridgehead atoms. The van der Waals surface area contributed by atoms with Crippen molar-refractivity contribution in [2.75, 3.05) is 19.0 Å². The third-order valence-corrected chi connectivity index (χ3v) is 2.84. The van der Waals surface area contributed by atoms with Crippen LogP contribution in [-0.2, 0) is 9.53 Å². The summed E-state index contributed by atoms with van der Waals surface area (Å²) in [7, 11) is 1.47. The van der Waals surface area contributed by atoms with Gasteiger partial charge in [-0.1, -0.05) is 0 Å². The van der Waals surface area contributed by atoms with Crippen molar-refractivity contribution in [1.82, 2.24) is 9.78 Å². The van der Waals surface area contributed by atoms with Crippen LogP contribution in [0.4, 0.5) is 10.2 Å². The van der Waals surface area contributed by atoms with Gasteiger partial charge in [0.15, 0.2) is 0 Å². The smallest absolute Gasteiger partial charge is 0.244 e. The monoisotopic (exact) mass is 292 g/mol. The number of hydrogen-bond donors (Lipinski definition) is 2. The quantitative estimate of drug-likeness (QED) is 0.868. The lowest BCUT2D eigenvalue weighted by Gasteiger charge is -2.12. The van der Waals surface area contributed by atoms with Crippen LogP contribution in [0.2, 0.25) is 0 Å². The molecule has 1 aromatic carbocycles. The maximum Gasteiger partial charge on any atom is 0.244 e. The van der Waals surface area contributed by atoms with E-state index in [1.54, 1.807) is 25.1 Å². The third kappa shape index (κ3) is 3.65. The lowest BCUT2D eigenvalue weighted by atomic mass is 10.3. The van der Waals surface area contributed by atoms with Crippen LogP contribution in [-0.4, -0.2) is 35.4 Å². The van der Waals surface area contributed by atoms with Crippen molar-refractivity contribution in [1.29, 1.82) is 0 Å². The summed E-state index contributed by atoms with van der Waals surface area (Å²) in [6, 6.07) is 6.75. The number of carbonyl (C=O) groups is 1. The van der Waals surface area contributed by atoms with E-state index in [0.29, 0.717) is 11.5 Å². The van der Waals surface area contributed by atoms with Crippen LogP contribution < -0.4 is 11.1 Å². The molecule has 2 aromatic rings. The highest BCUT2D eigenvalue weighted by atomic mass is 19.1. The molecule has 0 radical (unpaired) electrons. The summed E-state index contributed by atoms with van der Waals surface area (Å²) in [5, 5.41) is 6.97. The number of nitrogens with two attached hydrogens (primary N) is 1. The number of hydrogen-bond acceptors (Lipinski definition) is 4. The Bertz CT molecular complexity index is 624. The largest absolute Gasteiger partial charge is 0.383 e. The van der Waals surface area contributed by atoms with Crippen molar-refractivity contribution in [3.05, 3.63) is 41.8 Å². The number of aromatic nitrogens is 2. The lowest BCUT2D eigenvalue weighted by molar-refractivity contribution is -0.118. The highest BCUT2D eigenvalue weighted by Gasteiger charge is 2.16. The van der Waals surface area contributed by atoms with Crippen LogP contribution in [0.1, 0.15) is 5.69 Å². The second-order valence-electron chi connectivity index (χ2n) is 4.61. The molecule has 1 atom stereocenters. The van der Waals surface area contributed by atoms with Crippen LogP contribution >= 0.6 is 0 Å². The SMILES string of the molecule is COCC(N)C(=O)Nc1cc(C)nn1-c1ccc(F)cc1. The van der Waals surface area contributed by atoms with Crippen molar-refractivity contribution < 1.29 is 13.9 Å². The fourth-order valence-electron chi connectivity index (χ4n) is 1.84. The van der Waals surface area contributed by atoms with Gasteiger partial charge in [0.1, 0.15) is 17.7 Å². The van der Waals surface area contributed by atoms with Gasteiger partial charge in [0, 0.05) is 13.2 Å². The standard InChI is InChI=1S/C14H17FN4O2/c1-9-7-13(17-14(20)12(16)8-21-2)19(18-9)11-5-3-10(15)4-6-11/h3-7,12H,8,16H2,1-2H3,(H,17,20). The van der Waals surface area contributed by atoms with E-state index in [-0.39, 0.29) is 18.3 Å². The van der Waals surface area contributed by atoms with E-state index in [0.717, 1.165) is 5.69 Å². The van der Waals surface area contributed by atoms with Crippen LogP contribution in [0.3, 0.4) is 0 Å². The Hall–Kier alpha value is -2.25. The number of methoxy groups -OCH3 is 1. The molecule has 21 heavy (non-hydrogen) atoms. The van der Waals surface area contributed by atoms with Crippen LogP contribution in [0, 0.1) is 12.7 Å². The number of aryl methyl sites for hydroxylation is 1. The van der Waals surface area contributed by atoms with Crippen molar-refractivity contribution in [3.63, 3.8) is 0 Å². The van der Waals surface area contributed by atoms with Gasteiger partial charge in [-0.3, -0.25) is 4.79 Å². The van der Waals surface area contributed by atoms with Crippen LogP contribution in [0.25, 0.3) is 5.69 Å². The predicted molar refractivity (Wildman–Crippen MR) is 76.7 cm³/mol. The van der Waals surface area contributed by atoms with E-state index in [1.165, 1.54) is 23.9 Å². The second kappa shape index (κ2) is 6.47. The molecule has 1 heterocycles. The van der Waals surface area contributed by atoms with Gasteiger partial charge in [-0.2, -0.15) is 5.10 Å². The molecule has 112 valence electrons. The highest BCUT2D eigenvalue weighted by molar-refractivity contribution is 5.94. The Balaban J connectivity index is 2.25. The van der Waals surface area contributed by atoms with Gasteiger partial charge in [0.25, 0.3) is 0 Å². The normalized spacial score (nSPS) is 12.2. The minimum Gasteiger partial charge on any atom is -0.383 e. The first kappa shape index (κ1) is 15.1. The summed E-state index contributed by atoms with van der Waals surface area (Å²) >= 11 is 0. The fourth-order valence-corrected chi connectivity index (χ4v) is 1.84. The van der Waals surface area contributed by atoms with Crippen molar-refractivity contribution in [3.8, 4) is 5.69 Å². The van der Waals surface area contributed by atoms with Gasteiger partial charge >= 0.3 is 0 Å². The summed E-state index contributed by atoms with van der Waals surface area (Å²) in [6.07, 6.45) is 0. The van der Waals surface area contributed by atoms with E-state index >= 15 is 0 Å².